The molecule has 1 N–H and O–H groups in total. The highest BCUT2D eigenvalue weighted by molar-refractivity contribution is 7.91. The molecule has 8 heteroatoms. The fraction of sp³-hybridized carbons (Fsp3) is 0.400. The van der Waals surface area contributed by atoms with Gasteiger partial charge in [0.2, 0.25) is 9.84 Å². The maximum Gasteiger partial charge on any atom is 0.341 e. The second-order valence-corrected chi connectivity index (χ2v) is 7.20. The summed E-state index contributed by atoms with van der Waals surface area (Å²) in [6.45, 7) is 4.58. The molecule has 0 aliphatic heterocycles. The Labute approximate surface area is 134 Å². The number of nitrogens with one attached hydrogen (secondary N) is 1. The SMILES string of the molecule is Cc1nn(C)c(C)c1CCNc1ccc(S(=O)(=O)C(F)F)cc1. The van der Waals surface area contributed by atoms with Gasteiger partial charge in [-0.3, -0.25) is 4.68 Å². The Morgan fingerprint density at radius 1 is 1.22 bits per heavy atom. The Kier molecular flexibility index (Phi) is 5.03. The van der Waals surface area contributed by atoms with Crippen molar-refractivity contribution in [3.05, 3.63) is 41.2 Å². The summed E-state index contributed by atoms with van der Waals surface area (Å²) >= 11 is 0. The highest BCUT2D eigenvalue weighted by Gasteiger charge is 2.26. The van der Waals surface area contributed by atoms with E-state index in [1.807, 2.05) is 25.6 Å². The number of benzene rings is 1. The molecular weight excluding hydrogens is 324 g/mol. The van der Waals surface area contributed by atoms with Gasteiger partial charge in [-0.15, -0.1) is 0 Å². The van der Waals surface area contributed by atoms with Gasteiger partial charge in [-0.05, 0) is 50.1 Å². The van der Waals surface area contributed by atoms with Crippen LogP contribution in [0, 0.1) is 13.8 Å². The lowest BCUT2D eigenvalue weighted by Crippen LogP contribution is -2.11. The fourth-order valence-corrected chi connectivity index (χ4v) is 3.10. The molecule has 0 spiro atoms. The quantitative estimate of drug-likeness (QED) is 0.876. The molecule has 0 bridgehead atoms. The molecule has 0 aliphatic rings. The summed E-state index contributed by atoms with van der Waals surface area (Å²) in [5.41, 5.74) is 3.92. The highest BCUT2D eigenvalue weighted by atomic mass is 32.2. The molecule has 0 aliphatic carbocycles. The molecule has 0 saturated heterocycles. The smallest absolute Gasteiger partial charge is 0.341 e. The van der Waals surface area contributed by atoms with E-state index in [-0.39, 0.29) is 4.90 Å². The topological polar surface area (TPSA) is 64.0 Å². The standard InChI is InChI=1S/C15H19F2N3O2S/c1-10-14(11(2)20(3)19-10)8-9-18-12-4-6-13(7-5-12)23(21,22)15(16)17/h4-7,15,18H,8-9H2,1-3H3. The number of sulfone groups is 1. The summed E-state index contributed by atoms with van der Waals surface area (Å²) in [5.74, 6) is -3.40. The molecule has 2 rings (SSSR count). The van der Waals surface area contributed by atoms with Gasteiger partial charge in [0.25, 0.3) is 0 Å². The Morgan fingerprint density at radius 3 is 2.30 bits per heavy atom. The number of anilines is 1. The van der Waals surface area contributed by atoms with Gasteiger partial charge in [0.05, 0.1) is 10.6 Å². The summed E-state index contributed by atoms with van der Waals surface area (Å²) in [5, 5.41) is 7.49. The van der Waals surface area contributed by atoms with Crippen molar-refractivity contribution < 1.29 is 17.2 Å². The molecule has 0 fully saturated rings. The van der Waals surface area contributed by atoms with Crippen LogP contribution >= 0.6 is 0 Å². The van der Waals surface area contributed by atoms with Crippen LogP contribution in [-0.4, -0.2) is 30.5 Å². The van der Waals surface area contributed by atoms with Gasteiger partial charge in [0, 0.05) is 25.0 Å². The number of hydrogen-bond acceptors (Lipinski definition) is 4. The summed E-state index contributed by atoms with van der Waals surface area (Å²) < 4.78 is 49.4. The normalized spacial score (nSPS) is 11.9. The minimum Gasteiger partial charge on any atom is -0.385 e. The number of rotatable bonds is 6. The number of nitrogens with zero attached hydrogens (tertiary/aromatic N) is 2. The molecule has 1 aromatic heterocycles. The fourth-order valence-electron chi connectivity index (χ4n) is 2.38. The molecule has 1 heterocycles. The average molecular weight is 343 g/mol. The van der Waals surface area contributed by atoms with Crippen molar-refractivity contribution in [3.8, 4) is 0 Å². The molecule has 1 aromatic carbocycles. The highest BCUT2D eigenvalue weighted by Crippen LogP contribution is 2.20. The van der Waals surface area contributed by atoms with Gasteiger partial charge in [-0.1, -0.05) is 0 Å². The zero-order valence-corrected chi connectivity index (χ0v) is 14.0. The van der Waals surface area contributed by atoms with E-state index in [0.717, 1.165) is 23.4 Å². The van der Waals surface area contributed by atoms with E-state index in [2.05, 4.69) is 10.4 Å². The number of halogens is 2. The molecule has 5 nitrogen and oxygen atoms in total. The third-order valence-electron chi connectivity index (χ3n) is 3.78. The summed E-state index contributed by atoms with van der Waals surface area (Å²) in [7, 11) is -2.65. The summed E-state index contributed by atoms with van der Waals surface area (Å²) in [6, 6.07) is 5.34. The van der Waals surface area contributed by atoms with Crippen molar-refractivity contribution in [3.63, 3.8) is 0 Å². The zero-order chi connectivity index (χ0) is 17.2. The van der Waals surface area contributed by atoms with E-state index in [1.54, 1.807) is 0 Å². The van der Waals surface area contributed by atoms with Gasteiger partial charge in [0.1, 0.15) is 0 Å². The summed E-state index contributed by atoms with van der Waals surface area (Å²) in [4.78, 5) is -0.378. The third-order valence-corrected chi connectivity index (χ3v) is 5.18. The first-order valence-electron chi connectivity index (χ1n) is 7.08. The molecule has 0 atom stereocenters. The predicted molar refractivity (Wildman–Crippen MR) is 84.5 cm³/mol. The van der Waals surface area contributed by atoms with Crippen LogP contribution in [0.5, 0.6) is 0 Å². The van der Waals surface area contributed by atoms with Crippen molar-refractivity contribution in [1.29, 1.82) is 0 Å². The van der Waals surface area contributed by atoms with E-state index >= 15 is 0 Å². The van der Waals surface area contributed by atoms with Crippen molar-refractivity contribution in [2.45, 2.75) is 30.9 Å². The second-order valence-electron chi connectivity index (χ2n) is 5.28. The number of alkyl halides is 2. The van der Waals surface area contributed by atoms with Crippen molar-refractivity contribution in [1.82, 2.24) is 9.78 Å². The first-order valence-corrected chi connectivity index (χ1v) is 8.63. The lowest BCUT2D eigenvalue weighted by molar-refractivity contribution is 0.234. The third kappa shape index (κ3) is 3.69. The van der Waals surface area contributed by atoms with Crippen LogP contribution < -0.4 is 5.32 Å². The Balaban J connectivity index is 2.00. The zero-order valence-electron chi connectivity index (χ0n) is 13.2. The van der Waals surface area contributed by atoms with Crippen LogP contribution in [0.1, 0.15) is 17.0 Å². The molecule has 23 heavy (non-hydrogen) atoms. The van der Waals surface area contributed by atoms with Gasteiger partial charge in [0.15, 0.2) is 0 Å². The van der Waals surface area contributed by atoms with Crippen molar-refractivity contribution in [2.24, 2.45) is 7.05 Å². The van der Waals surface area contributed by atoms with Crippen LogP contribution in [0.25, 0.3) is 0 Å². The number of aromatic nitrogens is 2. The average Bonchev–Trinajstić information content (AvgIpc) is 2.74. The van der Waals surface area contributed by atoms with Crippen molar-refractivity contribution in [2.75, 3.05) is 11.9 Å². The Bertz CT molecular complexity index is 784. The first-order chi connectivity index (χ1) is 10.7. The van der Waals surface area contributed by atoms with E-state index < -0.39 is 15.6 Å². The minimum absolute atomic E-state index is 0.378. The molecule has 0 amide bonds. The van der Waals surface area contributed by atoms with Crippen LogP contribution in [0.4, 0.5) is 14.5 Å². The first kappa shape index (κ1) is 17.4. The Hall–Kier alpha value is -1.96. The minimum atomic E-state index is -4.54. The van der Waals surface area contributed by atoms with E-state index in [1.165, 1.54) is 24.3 Å². The lowest BCUT2D eigenvalue weighted by atomic mass is 10.1. The second kappa shape index (κ2) is 6.66. The van der Waals surface area contributed by atoms with E-state index in [0.29, 0.717) is 12.2 Å². The number of hydrogen-bond donors (Lipinski definition) is 1. The van der Waals surface area contributed by atoms with Crippen LogP contribution in [-0.2, 0) is 23.3 Å². The molecule has 126 valence electrons. The predicted octanol–water partition coefficient (Wildman–Crippen LogP) is 2.69. The van der Waals surface area contributed by atoms with Crippen LogP contribution in [0.15, 0.2) is 29.2 Å². The van der Waals surface area contributed by atoms with E-state index in [9.17, 15) is 17.2 Å². The molecule has 0 saturated carbocycles. The van der Waals surface area contributed by atoms with E-state index in [4.69, 9.17) is 0 Å². The van der Waals surface area contributed by atoms with Crippen LogP contribution in [0.2, 0.25) is 0 Å². The molecular formula is C15H19F2N3O2S. The van der Waals surface area contributed by atoms with Gasteiger partial charge in [-0.2, -0.15) is 13.9 Å². The molecule has 0 unspecified atom stereocenters. The van der Waals surface area contributed by atoms with Gasteiger partial charge >= 0.3 is 5.76 Å². The van der Waals surface area contributed by atoms with Gasteiger partial charge in [-0.25, -0.2) is 8.42 Å². The monoisotopic (exact) mass is 343 g/mol. The lowest BCUT2D eigenvalue weighted by Gasteiger charge is -2.08. The maximum absolute atomic E-state index is 12.5. The largest absolute Gasteiger partial charge is 0.385 e. The maximum atomic E-state index is 12.5. The summed E-state index contributed by atoms with van der Waals surface area (Å²) in [6.07, 6.45) is 0.766. The van der Waals surface area contributed by atoms with Gasteiger partial charge < -0.3 is 5.32 Å². The molecule has 2 aromatic rings. The number of aryl methyl sites for hydroxylation is 2. The van der Waals surface area contributed by atoms with Crippen molar-refractivity contribution >= 4 is 15.5 Å². The molecule has 0 radical (unpaired) electrons. The van der Waals surface area contributed by atoms with Crippen LogP contribution in [0.3, 0.4) is 0 Å². The Morgan fingerprint density at radius 2 is 1.83 bits per heavy atom.